The minimum absolute atomic E-state index is 0.0252. The second-order valence-corrected chi connectivity index (χ2v) is 5.88. The van der Waals surface area contributed by atoms with Crippen LogP contribution in [0.3, 0.4) is 0 Å². The molecule has 0 aliphatic carbocycles. The molecule has 0 saturated heterocycles. The van der Waals surface area contributed by atoms with Gasteiger partial charge < -0.3 is 15.9 Å². The average Bonchev–Trinajstić information content (AvgIpc) is 2.36. The van der Waals surface area contributed by atoms with E-state index < -0.39 is 23.8 Å². The number of rotatable bonds is 5. The van der Waals surface area contributed by atoms with Gasteiger partial charge in [0.15, 0.2) is 0 Å². The predicted molar refractivity (Wildman–Crippen MR) is 78.6 cm³/mol. The minimum atomic E-state index is -1.05. The zero-order chi connectivity index (χ0) is 15.3. The molecule has 0 aliphatic rings. The van der Waals surface area contributed by atoms with Crippen molar-refractivity contribution in [1.82, 2.24) is 4.90 Å². The summed E-state index contributed by atoms with van der Waals surface area (Å²) in [6.45, 7) is 5.45. The van der Waals surface area contributed by atoms with Crippen LogP contribution in [0.15, 0.2) is 30.3 Å². The molecule has 2 atom stereocenters. The van der Waals surface area contributed by atoms with Gasteiger partial charge in [0.05, 0.1) is 12.1 Å². The molecule has 0 saturated carbocycles. The molecule has 5 nitrogen and oxygen atoms in total. The molecule has 1 amide bonds. The van der Waals surface area contributed by atoms with E-state index in [0.29, 0.717) is 6.42 Å². The van der Waals surface area contributed by atoms with Crippen LogP contribution in [0.25, 0.3) is 0 Å². The van der Waals surface area contributed by atoms with Gasteiger partial charge in [-0.25, -0.2) is 4.79 Å². The fraction of sp³-hybridized carbons (Fsp3) is 0.533. The second kappa shape index (κ2) is 6.72. The van der Waals surface area contributed by atoms with Crippen molar-refractivity contribution in [1.29, 1.82) is 0 Å². The van der Waals surface area contributed by atoms with E-state index in [4.69, 9.17) is 5.73 Å². The largest absolute Gasteiger partial charge is 0.465 e. The Hall–Kier alpha value is -1.59. The van der Waals surface area contributed by atoms with E-state index in [1.54, 1.807) is 0 Å². The van der Waals surface area contributed by atoms with E-state index in [2.05, 4.69) is 0 Å². The maximum Gasteiger partial charge on any atom is 0.408 e. The molecule has 0 unspecified atom stereocenters. The van der Waals surface area contributed by atoms with Crippen LogP contribution in [0, 0.1) is 0 Å². The van der Waals surface area contributed by atoms with Gasteiger partial charge in [-0.3, -0.25) is 4.90 Å². The van der Waals surface area contributed by atoms with E-state index >= 15 is 0 Å². The number of nitrogens with two attached hydrogens (primary N) is 1. The quantitative estimate of drug-likeness (QED) is 0.766. The fourth-order valence-electron chi connectivity index (χ4n) is 2.34. The number of hydrogen-bond donors (Lipinski definition) is 3. The van der Waals surface area contributed by atoms with E-state index in [-0.39, 0.29) is 6.54 Å². The van der Waals surface area contributed by atoms with Crippen LogP contribution >= 0.6 is 0 Å². The van der Waals surface area contributed by atoms with E-state index in [9.17, 15) is 15.0 Å². The van der Waals surface area contributed by atoms with Crippen molar-refractivity contribution >= 4 is 6.09 Å². The summed E-state index contributed by atoms with van der Waals surface area (Å²) >= 11 is 0. The molecular weight excluding hydrogens is 256 g/mol. The molecule has 5 heteroatoms. The van der Waals surface area contributed by atoms with E-state index in [1.807, 2.05) is 51.1 Å². The summed E-state index contributed by atoms with van der Waals surface area (Å²) in [6, 6.07) is 8.95. The first kappa shape index (κ1) is 16.5. The lowest BCUT2D eigenvalue weighted by Crippen LogP contribution is -2.57. The molecule has 0 aromatic heterocycles. The summed E-state index contributed by atoms with van der Waals surface area (Å²) < 4.78 is 0. The van der Waals surface area contributed by atoms with Crippen molar-refractivity contribution in [3.05, 3.63) is 35.9 Å². The van der Waals surface area contributed by atoms with Crippen molar-refractivity contribution in [3.8, 4) is 0 Å². The maximum absolute atomic E-state index is 11.6. The Kier molecular flexibility index (Phi) is 5.53. The number of carbonyl (C=O) groups is 1. The van der Waals surface area contributed by atoms with Gasteiger partial charge in [0.25, 0.3) is 0 Å². The molecule has 20 heavy (non-hydrogen) atoms. The summed E-state index contributed by atoms with van der Waals surface area (Å²) in [7, 11) is 0. The smallest absolute Gasteiger partial charge is 0.408 e. The first-order valence-corrected chi connectivity index (χ1v) is 6.71. The first-order chi connectivity index (χ1) is 9.27. The van der Waals surface area contributed by atoms with Crippen molar-refractivity contribution in [2.45, 2.75) is 44.9 Å². The number of aliphatic hydroxyl groups excluding tert-OH is 1. The lowest BCUT2D eigenvalue weighted by molar-refractivity contribution is 0.0109. The van der Waals surface area contributed by atoms with Crippen LogP contribution in [0.1, 0.15) is 26.3 Å². The molecule has 4 N–H and O–H groups in total. The molecule has 0 radical (unpaired) electrons. The van der Waals surface area contributed by atoms with Gasteiger partial charge in [0, 0.05) is 12.1 Å². The zero-order valence-corrected chi connectivity index (χ0v) is 12.3. The van der Waals surface area contributed by atoms with Crippen molar-refractivity contribution in [3.63, 3.8) is 0 Å². The number of hydrogen-bond acceptors (Lipinski definition) is 3. The Balaban J connectivity index is 3.07. The van der Waals surface area contributed by atoms with Crippen LogP contribution in [-0.2, 0) is 6.42 Å². The number of aliphatic hydroxyl groups is 1. The zero-order valence-electron chi connectivity index (χ0n) is 12.3. The van der Waals surface area contributed by atoms with Crippen LogP contribution in [-0.4, -0.2) is 45.4 Å². The first-order valence-electron chi connectivity index (χ1n) is 6.71. The number of benzene rings is 1. The molecule has 112 valence electrons. The summed E-state index contributed by atoms with van der Waals surface area (Å²) in [5.74, 6) is 0. The third-order valence-electron chi connectivity index (χ3n) is 3.23. The van der Waals surface area contributed by atoms with Crippen molar-refractivity contribution in [2.24, 2.45) is 5.73 Å². The normalized spacial score (nSPS) is 14.7. The van der Waals surface area contributed by atoms with Gasteiger partial charge in [0.2, 0.25) is 0 Å². The molecule has 0 spiro atoms. The molecule has 0 bridgehead atoms. The number of amides is 1. The molecular formula is C15H24N2O3. The van der Waals surface area contributed by atoms with Crippen LogP contribution in [0.4, 0.5) is 4.79 Å². The van der Waals surface area contributed by atoms with Gasteiger partial charge >= 0.3 is 6.09 Å². The van der Waals surface area contributed by atoms with Crippen molar-refractivity contribution in [2.75, 3.05) is 6.54 Å². The number of carboxylic acid groups (broad SMARTS) is 1. The maximum atomic E-state index is 11.6. The Bertz CT molecular complexity index is 428. The molecule has 0 fully saturated rings. The van der Waals surface area contributed by atoms with E-state index in [0.717, 1.165) is 5.56 Å². The highest BCUT2D eigenvalue weighted by Gasteiger charge is 2.36. The van der Waals surface area contributed by atoms with Crippen molar-refractivity contribution < 1.29 is 15.0 Å². The van der Waals surface area contributed by atoms with Gasteiger partial charge in [-0.1, -0.05) is 30.3 Å². The number of nitrogens with zero attached hydrogens (tertiary/aromatic N) is 1. The molecule has 0 aliphatic heterocycles. The van der Waals surface area contributed by atoms with Crippen LogP contribution in [0.2, 0.25) is 0 Å². The van der Waals surface area contributed by atoms with Gasteiger partial charge in [-0.05, 0) is 32.8 Å². The summed E-state index contributed by atoms with van der Waals surface area (Å²) in [6.07, 6.45) is -1.51. The highest BCUT2D eigenvalue weighted by Crippen LogP contribution is 2.22. The minimum Gasteiger partial charge on any atom is -0.465 e. The van der Waals surface area contributed by atoms with Gasteiger partial charge in [0.1, 0.15) is 0 Å². The summed E-state index contributed by atoms with van der Waals surface area (Å²) in [5.41, 5.74) is 5.90. The standard InChI is InChI=1S/C15H24N2O3/c1-15(2,3)17(14(19)20)12(13(18)10-16)9-11-7-5-4-6-8-11/h4-8,12-13,18H,9-10,16H2,1-3H3,(H,19,20)/t12-,13-/m0/s1. The SMILES string of the molecule is CC(C)(C)N(C(=O)O)[C@@H](Cc1ccccc1)[C@@H](O)CN. The fourth-order valence-corrected chi connectivity index (χ4v) is 2.34. The Morgan fingerprint density at radius 2 is 1.85 bits per heavy atom. The third kappa shape index (κ3) is 4.21. The van der Waals surface area contributed by atoms with E-state index in [1.165, 1.54) is 4.90 Å². The van der Waals surface area contributed by atoms with Gasteiger partial charge in [-0.15, -0.1) is 0 Å². The van der Waals surface area contributed by atoms with Crippen LogP contribution < -0.4 is 5.73 Å². The molecule has 1 aromatic carbocycles. The third-order valence-corrected chi connectivity index (χ3v) is 3.23. The second-order valence-electron chi connectivity index (χ2n) is 5.88. The summed E-state index contributed by atoms with van der Waals surface area (Å²) in [4.78, 5) is 12.9. The van der Waals surface area contributed by atoms with Crippen LogP contribution in [0.5, 0.6) is 0 Å². The lowest BCUT2D eigenvalue weighted by Gasteiger charge is -2.41. The Labute approximate surface area is 120 Å². The highest BCUT2D eigenvalue weighted by atomic mass is 16.4. The molecule has 1 rings (SSSR count). The monoisotopic (exact) mass is 280 g/mol. The lowest BCUT2D eigenvalue weighted by atomic mass is 9.95. The predicted octanol–water partition coefficient (Wildman–Crippen LogP) is 1.70. The highest BCUT2D eigenvalue weighted by molar-refractivity contribution is 5.66. The topological polar surface area (TPSA) is 86.8 Å². The molecule has 0 heterocycles. The summed E-state index contributed by atoms with van der Waals surface area (Å²) in [5, 5.41) is 19.6. The Morgan fingerprint density at radius 3 is 2.25 bits per heavy atom. The Morgan fingerprint density at radius 1 is 1.30 bits per heavy atom. The molecule has 1 aromatic rings. The average molecular weight is 280 g/mol. The van der Waals surface area contributed by atoms with Gasteiger partial charge in [-0.2, -0.15) is 0 Å².